The molecule has 4 nitrogen and oxygen atoms in total. The quantitative estimate of drug-likeness (QED) is 0.732. The Kier molecular flexibility index (Phi) is 4.12. The lowest BCUT2D eigenvalue weighted by Crippen LogP contribution is -2.21. The van der Waals surface area contributed by atoms with Crippen LogP contribution >= 0.6 is 31.9 Å². The van der Waals surface area contributed by atoms with Crippen molar-refractivity contribution in [3.05, 3.63) is 26.6 Å². The molecule has 0 spiro atoms. The Morgan fingerprint density at radius 1 is 1.40 bits per heavy atom. The molecule has 0 aliphatic rings. The van der Waals surface area contributed by atoms with Gasteiger partial charge >= 0.3 is 0 Å². The summed E-state index contributed by atoms with van der Waals surface area (Å²) in [5.74, 6) is -0.446. The molecule has 0 saturated carbocycles. The second kappa shape index (κ2) is 4.96. The number of carbonyl (C=O) groups is 1. The van der Waals surface area contributed by atoms with Gasteiger partial charge < -0.3 is 17.2 Å². The Morgan fingerprint density at radius 2 is 2.00 bits per heavy atom. The van der Waals surface area contributed by atoms with Crippen LogP contribution in [0.15, 0.2) is 21.1 Å². The topological polar surface area (TPSA) is 95.1 Å². The van der Waals surface area contributed by atoms with Gasteiger partial charge in [0.15, 0.2) is 0 Å². The van der Waals surface area contributed by atoms with Gasteiger partial charge in [0, 0.05) is 21.4 Å². The SMILES string of the molecule is NC(=O)CC(N)c1cc(Br)cc(Br)c1N. The number of amides is 1. The van der Waals surface area contributed by atoms with Gasteiger partial charge in [0.1, 0.15) is 0 Å². The molecule has 0 saturated heterocycles. The molecule has 0 bridgehead atoms. The van der Waals surface area contributed by atoms with Gasteiger partial charge in [0.05, 0.1) is 5.69 Å². The van der Waals surface area contributed by atoms with Gasteiger partial charge in [-0.3, -0.25) is 4.79 Å². The van der Waals surface area contributed by atoms with E-state index in [-0.39, 0.29) is 6.42 Å². The van der Waals surface area contributed by atoms with Gasteiger partial charge in [-0.2, -0.15) is 0 Å². The summed E-state index contributed by atoms with van der Waals surface area (Å²) in [5.41, 5.74) is 18.0. The zero-order valence-corrected chi connectivity index (χ0v) is 11.0. The second-order valence-electron chi connectivity index (χ2n) is 3.17. The van der Waals surface area contributed by atoms with Gasteiger partial charge in [0.2, 0.25) is 5.91 Å². The maximum Gasteiger partial charge on any atom is 0.219 e. The van der Waals surface area contributed by atoms with Crippen LogP contribution in [0.3, 0.4) is 0 Å². The molecule has 6 heteroatoms. The lowest BCUT2D eigenvalue weighted by atomic mass is 10.0. The highest BCUT2D eigenvalue weighted by Gasteiger charge is 2.14. The molecule has 0 heterocycles. The highest BCUT2D eigenvalue weighted by Crippen LogP contribution is 2.32. The molecule has 15 heavy (non-hydrogen) atoms. The van der Waals surface area contributed by atoms with E-state index in [9.17, 15) is 4.79 Å². The first-order chi connectivity index (χ1) is 6.91. The van der Waals surface area contributed by atoms with Crippen LogP contribution in [0, 0.1) is 0 Å². The summed E-state index contributed by atoms with van der Waals surface area (Å²) in [7, 11) is 0. The minimum absolute atomic E-state index is 0.0765. The predicted octanol–water partition coefficient (Wildman–Crippen LogP) is 1.67. The zero-order valence-electron chi connectivity index (χ0n) is 7.84. The standard InChI is InChI=1S/C9H11Br2N3O/c10-4-1-5(7(12)3-8(13)15)9(14)6(11)2-4/h1-2,7H,3,12,14H2,(H2,13,15). The average molecular weight is 337 g/mol. The first-order valence-corrected chi connectivity index (χ1v) is 5.78. The van der Waals surface area contributed by atoms with Gasteiger partial charge in [-0.05, 0) is 33.6 Å². The predicted molar refractivity (Wildman–Crippen MR) is 67.0 cm³/mol. The maximum absolute atomic E-state index is 10.7. The van der Waals surface area contributed by atoms with E-state index in [1.54, 1.807) is 6.07 Å². The normalized spacial score (nSPS) is 12.5. The van der Waals surface area contributed by atoms with Crippen LogP contribution in [0.2, 0.25) is 0 Å². The molecule has 1 unspecified atom stereocenters. The molecular weight excluding hydrogens is 326 g/mol. The average Bonchev–Trinajstić information content (AvgIpc) is 2.09. The summed E-state index contributed by atoms with van der Waals surface area (Å²) in [5, 5.41) is 0. The van der Waals surface area contributed by atoms with E-state index in [2.05, 4.69) is 31.9 Å². The molecule has 0 fully saturated rings. The van der Waals surface area contributed by atoms with Crippen LogP contribution in [0.4, 0.5) is 5.69 Å². The lowest BCUT2D eigenvalue weighted by Gasteiger charge is -2.14. The smallest absolute Gasteiger partial charge is 0.219 e. The highest BCUT2D eigenvalue weighted by molar-refractivity contribution is 9.11. The minimum Gasteiger partial charge on any atom is -0.398 e. The second-order valence-corrected chi connectivity index (χ2v) is 4.94. The number of anilines is 1. The van der Waals surface area contributed by atoms with E-state index in [0.29, 0.717) is 11.3 Å². The monoisotopic (exact) mass is 335 g/mol. The van der Waals surface area contributed by atoms with E-state index >= 15 is 0 Å². The number of hydrogen-bond acceptors (Lipinski definition) is 3. The van der Waals surface area contributed by atoms with Crippen LogP contribution in [0.5, 0.6) is 0 Å². The number of hydrogen-bond donors (Lipinski definition) is 3. The van der Waals surface area contributed by atoms with Crippen LogP contribution in [0.1, 0.15) is 18.0 Å². The van der Waals surface area contributed by atoms with Crippen molar-refractivity contribution in [1.29, 1.82) is 0 Å². The molecule has 1 aromatic rings. The van der Waals surface area contributed by atoms with Crippen molar-refractivity contribution >= 4 is 43.5 Å². The Labute approximate surface area is 104 Å². The van der Waals surface area contributed by atoms with Crippen molar-refractivity contribution in [2.75, 3.05) is 5.73 Å². The Balaban J connectivity index is 3.07. The summed E-state index contributed by atoms with van der Waals surface area (Å²) >= 11 is 6.63. The van der Waals surface area contributed by atoms with Gasteiger partial charge in [0.25, 0.3) is 0 Å². The molecule has 1 aromatic carbocycles. The van der Waals surface area contributed by atoms with Crippen molar-refractivity contribution in [3.8, 4) is 0 Å². The van der Waals surface area contributed by atoms with E-state index in [0.717, 1.165) is 8.95 Å². The molecule has 0 aliphatic heterocycles. The molecule has 1 atom stereocenters. The Morgan fingerprint density at radius 3 is 2.53 bits per heavy atom. The van der Waals surface area contributed by atoms with Gasteiger partial charge in [-0.25, -0.2) is 0 Å². The number of carbonyl (C=O) groups excluding carboxylic acids is 1. The van der Waals surface area contributed by atoms with E-state index in [1.165, 1.54) is 0 Å². The third-order valence-corrected chi connectivity index (χ3v) is 3.06. The number of benzene rings is 1. The molecule has 82 valence electrons. The molecule has 6 N–H and O–H groups in total. The molecular formula is C9H11Br2N3O. The van der Waals surface area contributed by atoms with Crippen LogP contribution in [0.25, 0.3) is 0 Å². The third kappa shape index (κ3) is 3.19. The summed E-state index contributed by atoms with van der Waals surface area (Å²) in [6, 6.07) is 3.13. The van der Waals surface area contributed by atoms with E-state index < -0.39 is 11.9 Å². The van der Waals surface area contributed by atoms with Crippen molar-refractivity contribution in [2.24, 2.45) is 11.5 Å². The first kappa shape index (κ1) is 12.5. The minimum atomic E-state index is -0.476. The van der Waals surface area contributed by atoms with E-state index in [1.807, 2.05) is 6.07 Å². The van der Waals surface area contributed by atoms with Crippen LogP contribution in [-0.2, 0) is 4.79 Å². The maximum atomic E-state index is 10.7. The number of nitrogens with two attached hydrogens (primary N) is 3. The van der Waals surface area contributed by atoms with E-state index in [4.69, 9.17) is 17.2 Å². The van der Waals surface area contributed by atoms with Crippen molar-refractivity contribution < 1.29 is 4.79 Å². The van der Waals surface area contributed by atoms with Gasteiger partial charge in [-0.15, -0.1) is 0 Å². The number of primary amides is 1. The molecule has 1 amide bonds. The number of rotatable bonds is 3. The molecule has 1 rings (SSSR count). The fourth-order valence-corrected chi connectivity index (χ4v) is 2.50. The zero-order chi connectivity index (χ0) is 11.6. The van der Waals surface area contributed by atoms with Crippen molar-refractivity contribution in [3.63, 3.8) is 0 Å². The molecule has 0 aromatic heterocycles. The fourth-order valence-electron chi connectivity index (χ4n) is 1.24. The highest BCUT2D eigenvalue weighted by atomic mass is 79.9. The summed E-state index contributed by atoms with van der Waals surface area (Å²) in [6.45, 7) is 0. The van der Waals surface area contributed by atoms with Crippen LogP contribution < -0.4 is 17.2 Å². The third-order valence-electron chi connectivity index (χ3n) is 1.95. The Bertz CT molecular complexity index is 395. The fraction of sp³-hybridized carbons (Fsp3) is 0.222. The Hall–Kier alpha value is -0.590. The number of halogens is 2. The molecule has 0 radical (unpaired) electrons. The number of nitrogen functional groups attached to an aromatic ring is 1. The lowest BCUT2D eigenvalue weighted by molar-refractivity contribution is -0.118. The summed E-state index contributed by atoms with van der Waals surface area (Å²) in [4.78, 5) is 10.7. The largest absolute Gasteiger partial charge is 0.398 e. The molecule has 0 aliphatic carbocycles. The van der Waals surface area contributed by atoms with Crippen molar-refractivity contribution in [1.82, 2.24) is 0 Å². The summed E-state index contributed by atoms with van der Waals surface area (Å²) < 4.78 is 1.59. The first-order valence-electron chi connectivity index (χ1n) is 4.20. The van der Waals surface area contributed by atoms with Crippen LogP contribution in [-0.4, -0.2) is 5.91 Å². The van der Waals surface area contributed by atoms with Gasteiger partial charge in [-0.1, -0.05) is 15.9 Å². The summed E-state index contributed by atoms with van der Waals surface area (Å²) in [6.07, 6.45) is 0.0765. The van der Waals surface area contributed by atoms with Crippen molar-refractivity contribution in [2.45, 2.75) is 12.5 Å².